The Hall–Kier alpha value is -2.57. The Morgan fingerprint density at radius 1 is 1.23 bits per heavy atom. The average Bonchev–Trinajstić information content (AvgIpc) is 3.17. The molecule has 7 nitrogen and oxygen atoms in total. The third-order valence-electron chi connectivity index (χ3n) is 4.75. The summed E-state index contributed by atoms with van der Waals surface area (Å²) < 4.78 is 10.6. The first-order valence-electron chi connectivity index (χ1n) is 9.00. The van der Waals surface area contributed by atoms with Crippen LogP contribution in [0.4, 0.5) is 0 Å². The zero-order chi connectivity index (χ0) is 18.7. The van der Waals surface area contributed by atoms with Gasteiger partial charge in [0.15, 0.2) is 17.3 Å². The van der Waals surface area contributed by atoms with Gasteiger partial charge in [-0.2, -0.15) is 5.10 Å². The SMILES string of the molecule is COc1ccc(C(=O)N2CCCCC2c2nc(C(C)C)n[nH]2)cc1OC. The average molecular weight is 358 g/mol. The maximum absolute atomic E-state index is 13.2. The molecule has 1 aliphatic rings. The monoisotopic (exact) mass is 358 g/mol. The molecule has 2 aromatic rings. The highest BCUT2D eigenvalue weighted by Gasteiger charge is 2.31. The van der Waals surface area contributed by atoms with Crippen molar-refractivity contribution in [2.45, 2.75) is 45.1 Å². The second-order valence-corrected chi connectivity index (χ2v) is 6.81. The molecule has 1 aliphatic heterocycles. The molecule has 7 heteroatoms. The van der Waals surface area contributed by atoms with Crippen molar-refractivity contribution >= 4 is 5.91 Å². The summed E-state index contributed by atoms with van der Waals surface area (Å²) in [5, 5.41) is 7.33. The third-order valence-corrected chi connectivity index (χ3v) is 4.75. The fourth-order valence-electron chi connectivity index (χ4n) is 3.29. The quantitative estimate of drug-likeness (QED) is 0.887. The number of hydrogen-bond acceptors (Lipinski definition) is 5. The summed E-state index contributed by atoms with van der Waals surface area (Å²) in [6, 6.07) is 5.18. The minimum absolute atomic E-state index is 0.0295. The Morgan fingerprint density at radius 2 is 2.00 bits per heavy atom. The number of amides is 1. The molecule has 1 atom stereocenters. The summed E-state index contributed by atoms with van der Waals surface area (Å²) in [7, 11) is 3.15. The minimum atomic E-state index is -0.0793. The fourth-order valence-corrected chi connectivity index (χ4v) is 3.29. The van der Waals surface area contributed by atoms with Crippen molar-refractivity contribution in [1.29, 1.82) is 0 Å². The van der Waals surface area contributed by atoms with Gasteiger partial charge in [-0.3, -0.25) is 9.89 Å². The first kappa shape index (κ1) is 18.2. The van der Waals surface area contributed by atoms with Crippen LogP contribution in [-0.2, 0) is 0 Å². The predicted octanol–water partition coefficient (Wildman–Crippen LogP) is 3.31. The molecule has 3 rings (SSSR count). The largest absolute Gasteiger partial charge is 0.493 e. The number of nitrogens with zero attached hydrogens (tertiary/aromatic N) is 3. The number of methoxy groups -OCH3 is 2. The van der Waals surface area contributed by atoms with Gasteiger partial charge in [0.1, 0.15) is 5.82 Å². The molecule has 0 spiro atoms. The van der Waals surface area contributed by atoms with Gasteiger partial charge in [0.2, 0.25) is 0 Å². The van der Waals surface area contributed by atoms with Crippen LogP contribution in [0.15, 0.2) is 18.2 Å². The summed E-state index contributed by atoms with van der Waals surface area (Å²) in [4.78, 5) is 19.7. The van der Waals surface area contributed by atoms with Crippen molar-refractivity contribution in [3.8, 4) is 11.5 Å². The minimum Gasteiger partial charge on any atom is -0.493 e. The summed E-state index contributed by atoms with van der Waals surface area (Å²) in [5.74, 6) is 2.92. The number of rotatable bonds is 5. The van der Waals surface area contributed by atoms with Crippen LogP contribution < -0.4 is 9.47 Å². The van der Waals surface area contributed by atoms with Gasteiger partial charge < -0.3 is 14.4 Å². The highest BCUT2D eigenvalue weighted by molar-refractivity contribution is 5.95. The molecular formula is C19H26N4O3. The second kappa shape index (κ2) is 7.76. The van der Waals surface area contributed by atoms with Gasteiger partial charge in [-0.15, -0.1) is 0 Å². The molecule has 0 saturated carbocycles. The number of aromatic amines is 1. The lowest BCUT2D eigenvalue weighted by molar-refractivity contribution is 0.0600. The van der Waals surface area contributed by atoms with Crippen LogP contribution in [0.5, 0.6) is 11.5 Å². The Balaban J connectivity index is 1.88. The normalized spacial score (nSPS) is 17.4. The van der Waals surface area contributed by atoms with E-state index in [0.717, 1.165) is 30.9 Å². The van der Waals surface area contributed by atoms with E-state index in [4.69, 9.17) is 9.47 Å². The third kappa shape index (κ3) is 3.52. The summed E-state index contributed by atoms with van der Waals surface area (Å²) in [6.07, 6.45) is 2.94. The standard InChI is InChI=1S/C19H26N4O3/c1-12(2)17-20-18(22-21-17)14-7-5-6-10-23(14)19(24)13-8-9-15(25-3)16(11-13)26-4/h8-9,11-12,14H,5-7,10H2,1-4H3,(H,20,21,22). The van der Waals surface area contributed by atoms with Gasteiger partial charge in [-0.1, -0.05) is 13.8 Å². The van der Waals surface area contributed by atoms with E-state index in [2.05, 4.69) is 29.0 Å². The van der Waals surface area contributed by atoms with Gasteiger partial charge >= 0.3 is 0 Å². The lowest BCUT2D eigenvalue weighted by Crippen LogP contribution is -2.39. The molecule has 0 bridgehead atoms. The maximum Gasteiger partial charge on any atom is 0.254 e. The van der Waals surface area contributed by atoms with Crippen molar-refractivity contribution in [3.05, 3.63) is 35.4 Å². The van der Waals surface area contributed by atoms with Crippen molar-refractivity contribution in [1.82, 2.24) is 20.1 Å². The molecule has 1 amide bonds. The number of hydrogen-bond donors (Lipinski definition) is 1. The molecule has 2 heterocycles. The number of benzene rings is 1. The predicted molar refractivity (Wildman–Crippen MR) is 97.6 cm³/mol. The van der Waals surface area contributed by atoms with E-state index in [9.17, 15) is 4.79 Å². The Labute approximate surface area is 153 Å². The topological polar surface area (TPSA) is 80.3 Å². The van der Waals surface area contributed by atoms with Gasteiger partial charge in [-0.25, -0.2) is 4.98 Å². The lowest BCUT2D eigenvalue weighted by atomic mass is 10.00. The van der Waals surface area contributed by atoms with Crippen LogP contribution in [0.1, 0.15) is 67.1 Å². The second-order valence-electron chi connectivity index (χ2n) is 6.81. The summed E-state index contributed by atoms with van der Waals surface area (Å²) >= 11 is 0. The van der Waals surface area contributed by atoms with Crippen LogP contribution in [0.25, 0.3) is 0 Å². The summed E-state index contributed by atoms with van der Waals surface area (Å²) in [6.45, 7) is 4.82. The number of H-pyrrole nitrogens is 1. The first-order valence-corrected chi connectivity index (χ1v) is 9.00. The molecule has 1 saturated heterocycles. The fraction of sp³-hybridized carbons (Fsp3) is 0.526. The lowest BCUT2D eigenvalue weighted by Gasteiger charge is -2.34. The molecule has 1 unspecified atom stereocenters. The van der Waals surface area contributed by atoms with Gasteiger partial charge in [-0.05, 0) is 37.5 Å². The van der Waals surface area contributed by atoms with Gasteiger partial charge in [0, 0.05) is 18.0 Å². The Bertz CT molecular complexity index is 772. The number of ether oxygens (including phenoxy) is 2. The summed E-state index contributed by atoms with van der Waals surface area (Å²) in [5.41, 5.74) is 0.582. The zero-order valence-electron chi connectivity index (χ0n) is 15.8. The van der Waals surface area contributed by atoms with Crippen LogP contribution >= 0.6 is 0 Å². The van der Waals surface area contributed by atoms with Crippen molar-refractivity contribution in [2.75, 3.05) is 20.8 Å². The smallest absolute Gasteiger partial charge is 0.254 e. The Kier molecular flexibility index (Phi) is 5.44. The molecule has 1 N–H and O–H groups in total. The van der Waals surface area contributed by atoms with Gasteiger partial charge in [0.05, 0.1) is 20.3 Å². The first-order chi connectivity index (χ1) is 12.5. The number of likely N-dealkylation sites (tertiary alicyclic amines) is 1. The molecule has 0 aliphatic carbocycles. The van der Waals surface area contributed by atoms with Crippen molar-refractivity contribution < 1.29 is 14.3 Å². The highest BCUT2D eigenvalue weighted by Crippen LogP contribution is 2.33. The van der Waals surface area contributed by atoms with E-state index in [1.165, 1.54) is 0 Å². The van der Waals surface area contributed by atoms with Crippen LogP contribution in [0, 0.1) is 0 Å². The van der Waals surface area contributed by atoms with Crippen LogP contribution in [0.3, 0.4) is 0 Å². The number of carbonyl (C=O) groups is 1. The van der Waals surface area contributed by atoms with Gasteiger partial charge in [0.25, 0.3) is 5.91 Å². The Morgan fingerprint density at radius 3 is 2.65 bits per heavy atom. The molecule has 26 heavy (non-hydrogen) atoms. The van der Waals surface area contributed by atoms with Crippen molar-refractivity contribution in [3.63, 3.8) is 0 Å². The molecule has 1 aromatic carbocycles. The van der Waals surface area contributed by atoms with E-state index in [1.54, 1.807) is 32.4 Å². The zero-order valence-corrected chi connectivity index (χ0v) is 15.8. The molecule has 1 aromatic heterocycles. The van der Waals surface area contributed by atoms with Crippen LogP contribution in [-0.4, -0.2) is 46.8 Å². The van der Waals surface area contributed by atoms with E-state index in [-0.39, 0.29) is 17.9 Å². The van der Waals surface area contributed by atoms with E-state index in [0.29, 0.717) is 23.6 Å². The highest BCUT2D eigenvalue weighted by atomic mass is 16.5. The molecule has 0 radical (unpaired) electrons. The molecular weight excluding hydrogens is 332 g/mol. The number of aromatic nitrogens is 3. The molecule has 1 fully saturated rings. The number of nitrogens with one attached hydrogen (secondary N) is 1. The molecule has 140 valence electrons. The van der Waals surface area contributed by atoms with E-state index < -0.39 is 0 Å². The van der Waals surface area contributed by atoms with Crippen molar-refractivity contribution in [2.24, 2.45) is 0 Å². The maximum atomic E-state index is 13.2. The number of piperidine rings is 1. The number of carbonyl (C=O) groups excluding carboxylic acids is 1. The van der Waals surface area contributed by atoms with Crippen LogP contribution in [0.2, 0.25) is 0 Å². The van der Waals surface area contributed by atoms with E-state index in [1.807, 2.05) is 4.90 Å². The van der Waals surface area contributed by atoms with E-state index >= 15 is 0 Å².